The fraction of sp³-hybridized carbons (Fsp3) is 0.625. The van der Waals surface area contributed by atoms with Gasteiger partial charge in [-0.3, -0.25) is 4.90 Å². The van der Waals surface area contributed by atoms with Crippen molar-refractivity contribution in [3.05, 3.63) is 71.8 Å². The Labute approximate surface area is 257 Å². The van der Waals surface area contributed by atoms with E-state index in [9.17, 15) is 30.6 Å². The maximum absolute atomic E-state index is 11.2. The number of benzene rings is 2. The minimum atomic E-state index is -1.45. The van der Waals surface area contributed by atoms with E-state index in [1.54, 1.807) is 4.90 Å². The molecule has 44 heavy (non-hydrogen) atoms. The van der Waals surface area contributed by atoms with E-state index in [0.717, 1.165) is 37.1 Å². The van der Waals surface area contributed by atoms with Gasteiger partial charge in [0, 0.05) is 30.8 Å². The first-order chi connectivity index (χ1) is 21.3. The molecule has 0 aromatic heterocycles. The molecular weight excluding hydrogens is 572 g/mol. The lowest BCUT2D eigenvalue weighted by molar-refractivity contribution is -0.285. The van der Waals surface area contributed by atoms with E-state index < -0.39 is 61.4 Å². The van der Waals surface area contributed by atoms with Crippen molar-refractivity contribution in [2.75, 3.05) is 45.9 Å². The first-order valence-electron chi connectivity index (χ1n) is 15.5. The van der Waals surface area contributed by atoms with E-state index in [1.165, 1.54) is 0 Å². The second kappa shape index (κ2) is 16.0. The second-order valence-electron chi connectivity index (χ2n) is 12.0. The zero-order chi connectivity index (χ0) is 31.1. The normalized spacial score (nSPS) is 31.3. The molecule has 0 radical (unpaired) electrons. The van der Waals surface area contributed by atoms with Crippen LogP contribution in [0.4, 0.5) is 0 Å². The van der Waals surface area contributed by atoms with Crippen molar-refractivity contribution in [1.82, 2.24) is 10.2 Å². The summed E-state index contributed by atoms with van der Waals surface area (Å²) in [5.41, 5.74) is 1.45. The number of nitrogens with zero attached hydrogens (tertiary/aromatic N) is 1. The molecule has 0 saturated carbocycles. The Morgan fingerprint density at radius 3 is 1.55 bits per heavy atom. The van der Waals surface area contributed by atoms with E-state index >= 15 is 0 Å². The van der Waals surface area contributed by atoms with Crippen LogP contribution in [0.3, 0.4) is 0 Å². The molecule has 2 aromatic carbocycles. The fourth-order valence-corrected chi connectivity index (χ4v) is 6.13. The van der Waals surface area contributed by atoms with Crippen LogP contribution in [0.15, 0.2) is 60.7 Å². The SMILES string of the molecule is O[C@@H]([C@@H]1OC(c2ccccc2)OC[C@H]1O)[C@@H](O)CN(CC1CCNCC1)C[C@H](O)[C@@H](O)[C@@H]1OC(c2ccccc2)OC[C@H]1O. The highest BCUT2D eigenvalue weighted by molar-refractivity contribution is 5.17. The predicted octanol–water partition coefficient (Wildman–Crippen LogP) is -0.318. The highest BCUT2D eigenvalue weighted by atomic mass is 16.7. The van der Waals surface area contributed by atoms with E-state index in [4.69, 9.17) is 18.9 Å². The van der Waals surface area contributed by atoms with Crippen molar-refractivity contribution in [2.45, 2.75) is 74.3 Å². The van der Waals surface area contributed by atoms with Crippen LogP contribution in [0.1, 0.15) is 36.5 Å². The highest BCUT2D eigenvalue weighted by Gasteiger charge is 2.42. The summed E-state index contributed by atoms with van der Waals surface area (Å²) in [4.78, 5) is 1.80. The van der Waals surface area contributed by atoms with Crippen molar-refractivity contribution in [1.29, 1.82) is 0 Å². The predicted molar refractivity (Wildman–Crippen MR) is 158 cm³/mol. The zero-order valence-electron chi connectivity index (χ0n) is 24.8. The minimum absolute atomic E-state index is 0.0534. The Morgan fingerprint density at radius 1 is 0.682 bits per heavy atom. The molecule has 10 atom stereocenters. The van der Waals surface area contributed by atoms with Gasteiger partial charge in [0.2, 0.25) is 0 Å². The third-order valence-corrected chi connectivity index (χ3v) is 8.63. The molecule has 0 spiro atoms. The summed E-state index contributed by atoms with van der Waals surface area (Å²) in [7, 11) is 0. The van der Waals surface area contributed by atoms with Crippen LogP contribution < -0.4 is 5.32 Å². The van der Waals surface area contributed by atoms with Crippen LogP contribution in [0.2, 0.25) is 0 Å². The molecule has 7 N–H and O–H groups in total. The van der Waals surface area contributed by atoms with Gasteiger partial charge < -0.3 is 54.9 Å². The molecule has 3 heterocycles. The largest absolute Gasteiger partial charge is 0.389 e. The summed E-state index contributed by atoms with van der Waals surface area (Å²) >= 11 is 0. The summed E-state index contributed by atoms with van der Waals surface area (Å²) in [6.07, 6.45) is -9.95. The van der Waals surface area contributed by atoms with Gasteiger partial charge in [0.25, 0.3) is 0 Å². The number of nitrogens with one attached hydrogen (secondary N) is 1. The van der Waals surface area contributed by atoms with E-state index in [0.29, 0.717) is 6.54 Å². The first kappa shape index (κ1) is 33.3. The molecule has 12 heteroatoms. The fourth-order valence-electron chi connectivity index (χ4n) is 6.13. The number of ether oxygens (including phenoxy) is 4. The quantitative estimate of drug-likeness (QED) is 0.166. The lowest BCUT2D eigenvalue weighted by Gasteiger charge is -2.41. The molecule has 5 rings (SSSR count). The van der Waals surface area contributed by atoms with Gasteiger partial charge in [-0.2, -0.15) is 0 Å². The third kappa shape index (κ3) is 8.60. The van der Waals surface area contributed by atoms with Gasteiger partial charge in [0.05, 0.1) is 25.4 Å². The topological polar surface area (TPSA) is 174 Å². The standard InChI is InChI=1S/C32H46N2O10/c35-23(27(39)29-25(37)18-41-31(43-29)21-7-3-1-4-8-21)16-34(15-20-11-13-33-14-12-20)17-24(36)28(40)30-26(38)19-42-32(44-30)22-9-5-2-6-10-22/h1-10,20,23-33,35-40H,11-19H2/t23-,24-,25+,26+,27+,28+,29+,30+,31?,32?/m0/s1. The number of hydrogen-bond acceptors (Lipinski definition) is 12. The van der Waals surface area contributed by atoms with Gasteiger partial charge in [-0.25, -0.2) is 0 Å². The van der Waals surface area contributed by atoms with Gasteiger partial charge >= 0.3 is 0 Å². The van der Waals surface area contributed by atoms with Crippen LogP contribution in [0, 0.1) is 5.92 Å². The number of piperidine rings is 1. The number of rotatable bonds is 12. The maximum atomic E-state index is 11.2. The van der Waals surface area contributed by atoms with Crippen molar-refractivity contribution in [2.24, 2.45) is 5.92 Å². The molecule has 2 unspecified atom stereocenters. The molecule has 3 saturated heterocycles. The Balaban J connectivity index is 1.24. The molecule has 12 nitrogen and oxygen atoms in total. The zero-order valence-corrected chi connectivity index (χ0v) is 24.8. The van der Waals surface area contributed by atoms with E-state index in [1.807, 2.05) is 60.7 Å². The maximum Gasteiger partial charge on any atom is 0.184 e. The Kier molecular flexibility index (Phi) is 12.1. The summed E-state index contributed by atoms with van der Waals surface area (Å²) in [5.74, 6) is 0.268. The molecular formula is C32H46N2O10. The van der Waals surface area contributed by atoms with Crippen molar-refractivity contribution < 1.29 is 49.6 Å². The van der Waals surface area contributed by atoms with Crippen LogP contribution >= 0.6 is 0 Å². The third-order valence-electron chi connectivity index (χ3n) is 8.63. The second-order valence-corrected chi connectivity index (χ2v) is 12.0. The Morgan fingerprint density at radius 2 is 1.11 bits per heavy atom. The van der Waals surface area contributed by atoms with Crippen molar-refractivity contribution in [3.8, 4) is 0 Å². The molecule has 3 aliphatic heterocycles. The van der Waals surface area contributed by atoms with Crippen LogP contribution in [-0.4, -0.2) is 130 Å². The van der Waals surface area contributed by atoms with Crippen LogP contribution in [0.5, 0.6) is 0 Å². The summed E-state index contributed by atoms with van der Waals surface area (Å²) in [6.45, 7) is 1.94. The molecule has 3 fully saturated rings. The number of hydrogen-bond donors (Lipinski definition) is 7. The van der Waals surface area contributed by atoms with E-state index in [-0.39, 0.29) is 32.2 Å². The van der Waals surface area contributed by atoms with Crippen LogP contribution in [0.25, 0.3) is 0 Å². The molecule has 0 amide bonds. The first-order valence-corrected chi connectivity index (χ1v) is 15.5. The average Bonchev–Trinajstić information content (AvgIpc) is 3.05. The minimum Gasteiger partial charge on any atom is -0.389 e. The lowest BCUT2D eigenvalue weighted by atomic mass is 9.95. The molecule has 244 valence electrons. The lowest BCUT2D eigenvalue weighted by Crippen LogP contribution is -2.56. The molecule has 3 aliphatic rings. The van der Waals surface area contributed by atoms with Gasteiger partial charge in [0.15, 0.2) is 12.6 Å². The smallest absolute Gasteiger partial charge is 0.184 e. The van der Waals surface area contributed by atoms with Crippen molar-refractivity contribution >= 4 is 0 Å². The summed E-state index contributed by atoms with van der Waals surface area (Å²) in [5, 5.41) is 69.1. The monoisotopic (exact) mass is 618 g/mol. The van der Waals surface area contributed by atoms with Crippen molar-refractivity contribution in [3.63, 3.8) is 0 Å². The average molecular weight is 619 g/mol. The Hall–Kier alpha value is -2.04. The highest BCUT2D eigenvalue weighted by Crippen LogP contribution is 2.30. The summed E-state index contributed by atoms with van der Waals surface area (Å²) in [6, 6.07) is 18.3. The van der Waals surface area contributed by atoms with Gasteiger partial charge in [-0.05, 0) is 31.8 Å². The molecule has 0 bridgehead atoms. The van der Waals surface area contributed by atoms with Gasteiger partial charge in [-0.1, -0.05) is 60.7 Å². The van der Waals surface area contributed by atoms with Crippen LogP contribution in [-0.2, 0) is 18.9 Å². The van der Waals surface area contributed by atoms with Gasteiger partial charge in [-0.15, -0.1) is 0 Å². The number of aliphatic hydroxyl groups excluding tert-OH is 6. The number of aliphatic hydroxyl groups is 6. The Bertz CT molecular complexity index is 1030. The molecule has 0 aliphatic carbocycles. The van der Waals surface area contributed by atoms with E-state index in [2.05, 4.69) is 5.32 Å². The molecule has 2 aromatic rings. The summed E-state index contributed by atoms with van der Waals surface area (Å²) < 4.78 is 23.0. The van der Waals surface area contributed by atoms with Gasteiger partial charge in [0.1, 0.15) is 36.6 Å².